The summed E-state index contributed by atoms with van der Waals surface area (Å²) in [6.45, 7) is 3.17. The van der Waals surface area contributed by atoms with Crippen molar-refractivity contribution in [2.45, 2.75) is 25.7 Å². The number of H-pyrrole nitrogens is 1. The van der Waals surface area contributed by atoms with Crippen molar-refractivity contribution in [1.82, 2.24) is 9.88 Å². The van der Waals surface area contributed by atoms with Crippen molar-refractivity contribution >= 4 is 22.8 Å². The number of carboxylic acid groups (broad SMARTS) is 1. The Morgan fingerprint density at radius 2 is 1.78 bits per heavy atom. The van der Waals surface area contributed by atoms with Gasteiger partial charge in [-0.2, -0.15) is 0 Å². The first-order valence-electron chi connectivity index (χ1n) is 9.23. The number of amides is 1. The summed E-state index contributed by atoms with van der Waals surface area (Å²) in [5.41, 5.74) is 3.87. The highest BCUT2D eigenvalue weighted by atomic mass is 16.4. The molecule has 0 spiro atoms. The Balaban J connectivity index is 1.49. The van der Waals surface area contributed by atoms with Crippen molar-refractivity contribution in [2.24, 2.45) is 0 Å². The quantitative estimate of drug-likeness (QED) is 0.733. The van der Waals surface area contributed by atoms with Gasteiger partial charge in [0.25, 0.3) is 5.91 Å². The van der Waals surface area contributed by atoms with Crippen LogP contribution in [-0.2, 0) is 0 Å². The lowest BCUT2D eigenvalue weighted by molar-refractivity contribution is 0.0696. The molecule has 0 saturated carbocycles. The second-order valence-electron chi connectivity index (χ2n) is 7.25. The molecular formula is C22H22N2O3. The third-order valence-corrected chi connectivity index (χ3v) is 5.41. The number of aromatic amines is 1. The van der Waals surface area contributed by atoms with Crippen LogP contribution in [0.25, 0.3) is 10.9 Å². The monoisotopic (exact) mass is 362 g/mol. The summed E-state index contributed by atoms with van der Waals surface area (Å²) < 4.78 is 0. The van der Waals surface area contributed by atoms with Gasteiger partial charge in [0.05, 0.1) is 5.56 Å². The lowest BCUT2D eigenvalue weighted by Gasteiger charge is -2.32. The van der Waals surface area contributed by atoms with Crippen LogP contribution in [0.2, 0.25) is 0 Å². The van der Waals surface area contributed by atoms with Crippen molar-refractivity contribution in [3.05, 3.63) is 70.9 Å². The zero-order chi connectivity index (χ0) is 19.0. The minimum atomic E-state index is -1.01. The van der Waals surface area contributed by atoms with Gasteiger partial charge in [-0.15, -0.1) is 0 Å². The highest BCUT2D eigenvalue weighted by Crippen LogP contribution is 2.33. The number of carbonyl (C=O) groups excluding carboxylic acids is 1. The van der Waals surface area contributed by atoms with E-state index in [1.54, 1.807) is 12.1 Å². The van der Waals surface area contributed by atoms with Crippen LogP contribution in [0.15, 0.2) is 48.7 Å². The fourth-order valence-corrected chi connectivity index (χ4v) is 4.04. The van der Waals surface area contributed by atoms with Crippen molar-refractivity contribution in [3.63, 3.8) is 0 Å². The van der Waals surface area contributed by atoms with Gasteiger partial charge in [-0.3, -0.25) is 4.79 Å². The first kappa shape index (κ1) is 17.3. The van der Waals surface area contributed by atoms with E-state index in [9.17, 15) is 14.7 Å². The summed E-state index contributed by atoms with van der Waals surface area (Å²) in [6.07, 6.45) is 3.91. The Morgan fingerprint density at radius 3 is 2.52 bits per heavy atom. The number of carbonyl (C=O) groups is 2. The molecule has 0 radical (unpaired) electrons. The minimum absolute atomic E-state index is 0.0847. The van der Waals surface area contributed by atoms with Gasteiger partial charge >= 0.3 is 5.97 Å². The van der Waals surface area contributed by atoms with E-state index in [0.29, 0.717) is 24.6 Å². The van der Waals surface area contributed by atoms with Gasteiger partial charge in [-0.1, -0.05) is 18.2 Å². The van der Waals surface area contributed by atoms with Crippen LogP contribution in [0.3, 0.4) is 0 Å². The number of rotatable bonds is 3. The third-order valence-electron chi connectivity index (χ3n) is 5.41. The summed E-state index contributed by atoms with van der Waals surface area (Å²) in [5, 5.41) is 10.5. The van der Waals surface area contributed by atoms with Crippen LogP contribution in [0.4, 0.5) is 0 Å². The molecule has 5 nitrogen and oxygen atoms in total. The summed E-state index contributed by atoms with van der Waals surface area (Å²) in [5.74, 6) is -0.665. The topological polar surface area (TPSA) is 73.4 Å². The SMILES string of the molecule is Cc1cc(C(=O)O)cc(C(=O)N2CCC(c3c[nH]c4ccccc34)CC2)c1. The van der Waals surface area contributed by atoms with Crippen molar-refractivity contribution in [1.29, 1.82) is 0 Å². The second-order valence-corrected chi connectivity index (χ2v) is 7.25. The Labute approximate surface area is 157 Å². The zero-order valence-corrected chi connectivity index (χ0v) is 15.2. The van der Waals surface area contributed by atoms with Gasteiger partial charge in [-0.25, -0.2) is 4.79 Å². The molecule has 1 saturated heterocycles. The van der Waals surface area contributed by atoms with E-state index in [1.165, 1.54) is 17.0 Å². The Morgan fingerprint density at radius 1 is 1.07 bits per heavy atom. The Hall–Kier alpha value is -3.08. The van der Waals surface area contributed by atoms with Crippen molar-refractivity contribution < 1.29 is 14.7 Å². The van der Waals surface area contributed by atoms with Crippen LogP contribution in [0, 0.1) is 6.92 Å². The number of aromatic nitrogens is 1. The number of likely N-dealkylation sites (tertiary alicyclic amines) is 1. The number of benzene rings is 2. The van der Waals surface area contributed by atoms with Gasteiger partial charge < -0.3 is 15.0 Å². The maximum atomic E-state index is 12.9. The number of nitrogens with zero attached hydrogens (tertiary/aromatic N) is 1. The third kappa shape index (κ3) is 3.33. The van der Waals surface area contributed by atoms with Gasteiger partial charge in [0.15, 0.2) is 0 Å². The van der Waals surface area contributed by atoms with E-state index in [2.05, 4.69) is 29.4 Å². The molecule has 2 heterocycles. The molecule has 0 bridgehead atoms. The molecule has 1 aliphatic rings. The van der Waals surface area contributed by atoms with Crippen molar-refractivity contribution in [2.75, 3.05) is 13.1 Å². The van der Waals surface area contributed by atoms with Gasteiger partial charge in [0.2, 0.25) is 0 Å². The van der Waals surface area contributed by atoms with E-state index >= 15 is 0 Å². The second kappa shape index (κ2) is 6.91. The van der Waals surface area contributed by atoms with Crippen LogP contribution < -0.4 is 0 Å². The number of nitrogens with one attached hydrogen (secondary N) is 1. The molecule has 0 atom stereocenters. The molecule has 0 aliphatic carbocycles. The number of aryl methyl sites for hydroxylation is 1. The molecule has 2 aromatic carbocycles. The van der Waals surface area contributed by atoms with Crippen LogP contribution in [-0.4, -0.2) is 40.0 Å². The summed E-state index contributed by atoms with van der Waals surface area (Å²) in [7, 11) is 0. The number of hydrogen-bond acceptors (Lipinski definition) is 2. The van der Waals surface area contributed by atoms with E-state index in [4.69, 9.17) is 0 Å². The van der Waals surface area contributed by atoms with Gasteiger partial charge in [0.1, 0.15) is 0 Å². The summed E-state index contributed by atoms with van der Waals surface area (Å²) >= 11 is 0. The smallest absolute Gasteiger partial charge is 0.335 e. The zero-order valence-electron chi connectivity index (χ0n) is 15.2. The highest BCUT2D eigenvalue weighted by molar-refractivity contribution is 5.98. The number of piperidine rings is 1. The first-order valence-corrected chi connectivity index (χ1v) is 9.23. The number of para-hydroxylation sites is 1. The number of fused-ring (bicyclic) bond motifs is 1. The maximum Gasteiger partial charge on any atom is 0.335 e. The van der Waals surface area contributed by atoms with Gasteiger partial charge in [-0.05, 0) is 61.1 Å². The van der Waals surface area contributed by atoms with E-state index in [-0.39, 0.29) is 11.5 Å². The van der Waals surface area contributed by atoms with E-state index in [0.717, 1.165) is 23.9 Å². The molecule has 4 rings (SSSR count). The molecule has 1 fully saturated rings. The molecule has 27 heavy (non-hydrogen) atoms. The number of aromatic carboxylic acids is 1. The molecule has 1 aromatic heterocycles. The molecule has 2 N–H and O–H groups in total. The molecular weight excluding hydrogens is 340 g/mol. The molecule has 0 unspecified atom stereocenters. The van der Waals surface area contributed by atoms with Crippen LogP contribution in [0.1, 0.15) is 50.6 Å². The Bertz CT molecular complexity index is 1010. The normalized spacial score (nSPS) is 15.2. The molecule has 1 aliphatic heterocycles. The molecule has 3 aromatic rings. The Kier molecular flexibility index (Phi) is 4.44. The van der Waals surface area contributed by atoms with E-state index < -0.39 is 5.97 Å². The predicted octanol–water partition coefficient (Wildman–Crippen LogP) is 4.19. The molecule has 1 amide bonds. The maximum absolute atomic E-state index is 12.9. The first-order chi connectivity index (χ1) is 13.0. The van der Waals surface area contributed by atoms with E-state index in [1.807, 2.05) is 17.9 Å². The number of carboxylic acids is 1. The van der Waals surface area contributed by atoms with Gasteiger partial charge in [0, 0.05) is 35.8 Å². The number of hydrogen-bond donors (Lipinski definition) is 2. The molecule has 138 valence electrons. The summed E-state index contributed by atoms with van der Waals surface area (Å²) in [6, 6.07) is 13.1. The fourth-order valence-electron chi connectivity index (χ4n) is 4.04. The fraction of sp³-hybridized carbons (Fsp3) is 0.273. The lowest BCUT2D eigenvalue weighted by Crippen LogP contribution is -2.38. The average molecular weight is 362 g/mol. The van der Waals surface area contributed by atoms with Crippen LogP contribution in [0.5, 0.6) is 0 Å². The molecule has 5 heteroatoms. The van der Waals surface area contributed by atoms with Crippen LogP contribution >= 0.6 is 0 Å². The standard InChI is InChI=1S/C22H22N2O3/c1-14-10-16(12-17(11-14)22(26)27)21(25)24-8-6-15(7-9-24)19-13-23-20-5-3-2-4-18(19)20/h2-5,10-13,15,23H,6-9H2,1H3,(H,26,27). The predicted molar refractivity (Wildman–Crippen MR) is 104 cm³/mol. The largest absolute Gasteiger partial charge is 0.478 e. The average Bonchev–Trinajstić information content (AvgIpc) is 3.11. The highest BCUT2D eigenvalue weighted by Gasteiger charge is 2.26. The summed E-state index contributed by atoms with van der Waals surface area (Å²) in [4.78, 5) is 29.3. The minimum Gasteiger partial charge on any atom is -0.478 e. The lowest BCUT2D eigenvalue weighted by atomic mass is 9.89. The van der Waals surface area contributed by atoms with Crippen molar-refractivity contribution in [3.8, 4) is 0 Å².